The number of nitrogens with zero attached hydrogens (tertiary/aromatic N) is 3. The summed E-state index contributed by atoms with van der Waals surface area (Å²) in [6, 6.07) is 3.65. The van der Waals surface area contributed by atoms with Crippen LogP contribution in [-0.2, 0) is 0 Å². The first-order chi connectivity index (χ1) is 7.56. The highest BCUT2D eigenvalue weighted by molar-refractivity contribution is 6.33. The van der Waals surface area contributed by atoms with Crippen LogP contribution in [-0.4, -0.2) is 29.4 Å². The normalized spacial score (nSPS) is 11.6. The number of pyridine rings is 1. The Morgan fingerprint density at radius 1 is 1.75 bits per heavy atom. The molecule has 0 bridgehead atoms. The second-order valence-electron chi connectivity index (χ2n) is 3.57. The molecule has 1 aromatic rings. The van der Waals surface area contributed by atoms with Gasteiger partial charge < -0.3 is 4.90 Å². The minimum Gasteiger partial charge on any atom is -0.340 e. The van der Waals surface area contributed by atoms with E-state index in [0.717, 1.165) is 0 Å². The lowest BCUT2D eigenvalue weighted by Crippen LogP contribution is -2.30. The molecule has 5 heteroatoms. The zero-order valence-electron chi connectivity index (χ0n) is 9.14. The van der Waals surface area contributed by atoms with Crippen LogP contribution in [0.15, 0.2) is 18.5 Å². The summed E-state index contributed by atoms with van der Waals surface area (Å²) in [6.45, 7) is 2.14. The molecular formula is C11H12ClN3O. The van der Waals surface area contributed by atoms with Gasteiger partial charge in [0.15, 0.2) is 0 Å². The molecule has 1 unspecified atom stereocenters. The van der Waals surface area contributed by atoms with E-state index in [1.165, 1.54) is 17.3 Å². The zero-order chi connectivity index (χ0) is 12.1. The number of carbonyl (C=O) groups excluding carboxylic acids is 1. The summed E-state index contributed by atoms with van der Waals surface area (Å²) in [5.41, 5.74) is 0.407. The Hall–Kier alpha value is -1.60. The molecule has 0 N–H and O–H groups in total. The largest absolute Gasteiger partial charge is 0.340 e. The molecule has 0 aliphatic carbocycles. The number of rotatable bonds is 3. The van der Waals surface area contributed by atoms with E-state index < -0.39 is 0 Å². The fraction of sp³-hybridized carbons (Fsp3) is 0.364. The number of carbonyl (C=O) groups is 1. The van der Waals surface area contributed by atoms with Gasteiger partial charge in [0.25, 0.3) is 5.91 Å². The number of hydrogen-bond acceptors (Lipinski definition) is 3. The lowest BCUT2D eigenvalue weighted by Gasteiger charge is -2.18. The second-order valence-corrected chi connectivity index (χ2v) is 3.98. The summed E-state index contributed by atoms with van der Waals surface area (Å²) in [6.07, 6.45) is 2.94. The monoisotopic (exact) mass is 237 g/mol. The van der Waals surface area contributed by atoms with Crippen LogP contribution in [0.25, 0.3) is 0 Å². The van der Waals surface area contributed by atoms with Gasteiger partial charge in [-0.3, -0.25) is 9.78 Å². The first-order valence-electron chi connectivity index (χ1n) is 4.81. The topological polar surface area (TPSA) is 57.0 Å². The molecule has 4 nitrogen and oxygen atoms in total. The van der Waals surface area contributed by atoms with Gasteiger partial charge in [-0.25, -0.2) is 0 Å². The first kappa shape index (κ1) is 12.5. The van der Waals surface area contributed by atoms with Crippen molar-refractivity contribution in [1.82, 2.24) is 9.88 Å². The van der Waals surface area contributed by atoms with Crippen LogP contribution >= 0.6 is 11.6 Å². The fourth-order valence-electron chi connectivity index (χ4n) is 1.29. The fourth-order valence-corrected chi connectivity index (χ4v) is 1.49. The molecule has 0 radical (unpaired) electrons. The quantitative estimate of drug-likeness (QED) is 0.808. The minimum absolute atomic E-state index is 0.199. The molecule has 0 saturated heterocycles. The van der Waals surface area contributed by atoms with Gasteiger partial charge in [-0.2, -0.15) is 5.26 Å². The highest BCUT2D eigenvalue weighted by Crippen LogP contribution is 2.15. The summed E-state index contributed by atoms with van der Waals surface area (Å²) >= 11 is 5.86. The molecular weight excluding hydrogens is 226 g/mol. The van der Waals surface area contributed by atoms with Gasteiger partial charge in [0, 0.05) is 26.0 Å². The number of hydrogen-bond donors (Lipinski definition) is 0. The number of halogens is 1. The average molecular weight is 238 g/mol. The number of aromatic nitrogens is 1. The molecule has 1 atom stereocenters. The van der Waals surface area contributed by atoms with E-state index in [4.69, 9.17) is 16.9 Å². The molecule has 1 heterocycles. The third kappa shape index (κ3) is 2.94. The second kappa shape index (κ2) is 5.47. The summed E-state index contributed by atoms with van der Waals surface area (Å²) in [7, 11) is 1.65. The molecule has 0 fully saturated rings. The van der Waals surface area contributed by atoms with Crippen molar-refractivity contribution in [3.63, 3.8) is 0 Å². The molecule has 0 aromatic carbocycles. The SMILES string of the molecule is CC(C#N)CN(C)C(=O)c1ccncc1Cl. The van der Waals surface area contributed by atoms with E-state index in [0.29, 0.717) is 17.1 Å². The van der Waals surface area contributed by atoms with Crippen LogP contribution in [0, 0.1) is 17.2 Å². The van der Waals surface area contributed by atoms with Crippen molar-refractivity contribution in [3.8, 4) is 6.07 Å². The molecule has 0 aliphatic rings. The van der Waals surface area contributed by atoms with E-state index >= 15 is 0 Å². The lowest BCUT2D eigenvalue weighted by molar-refractivity contribution is 0.0785. The Morgan fingerprint density at radius 2 is 2.44 bits per heavy atom. The van der Waals surface area contributed by atoms with Gasteiger partial charge in [0.2, 0.25) is 0 Å². The number of nitriles is 1. The summed E-state index contributed by atoms with van der Waals surface area (Å²) < 4.78 is 0. The van der Waals surface area contributed by atoms with Crippen molar-refractivity contribution in [1.29, 1.82) is 5.26 Å². The van der Waals surface area contributed by atoms with E-state index in [1.807, 2.05) is 0 Å². The van der Waals surface area contributed by atoms with Crippen LogP contribution in [0.5, 0.6) is 0 Å². The Labute approximate surface area is 99.5 Å². The first-order valence-corrected chi connectivity index (χ1v) is 5.18. The highest BCUT2D eigenvalue weighted by atomic mass is 35.5. The molecule has 84 valence electrons. The van der Waals surface area contributed by atoms with Crippen molar-refractivity contribution < 1.29 is 4.79 Å². The van der Waals surface area contributed by atoms with E-state index in [-0.39, 0.29) is 11.8 Å². The molecule has 16 heavy (non-hydrogen) atoms. The third-order valence-corrected chi connectivity index (χ3v) is 2.42. The van der Waals surface area contributed by atoms with Gasteiger partial charge >= 0.3 is 0 Å². The lowest BCUT2D eigenvalue weighted by atomic mass is 10.2. The maximum Gasteiger partial charge on any atom is 0.255 e. The van der Waals surface area contributed by atoms with Crippen molar-refractivity contribution in [2.75, 3.05) is 13.6 Å². The predicted molar refractivity (Wildman–Crippen MR) is 61.0 cm³/mol. The Kier molecular flexibility index (Phi) is 4.27. The Morgan fingerprint density at radius 3 is 3.00 bits per heavy atom. The van der Waals surface area contributed by atoms with Crippen LogP contribution in [0.4, 0.5) is 0 Å². The molecule has 1 aromatic heterocycles. The maximum atomic E-state index is 11.9. The van der Waals surface area contributed by atoms with Gasteiger partial charge in [-0.05, 0) is 13.0 Å². The van der Waals surface area contributed by atoms with Crippen molar-refractivity contribution in [3.05, 3.63) is 29.0 Å². The van der Waals surface area contributed by atoms with Crippen molar-refractivity contribution >= 4 is 17.5 Å². The molecule has 1 amide bonds. The van der Waals surface area contributed by atoms with Gasteiger partial charge in [0.05, 0.1) is 22.6 Å². The van der Waals surface area contributed by atoms with Gasteiger partial charge in [-0.15, -0.1) is 0 Å². The van der Waals surface area contributed by atoms with Gasteiger partial charge in [0.1, 0.15) is 0 Å². The Balaban J connectivity index is 2.80. The molecule has 0 saturated carbocycles. The summed E-state index contributed by atoms with van der Waals surface area (Å²) in [5, 5.41) is 8.99. The van der Waals surface area contributed by atoms with Crippen molar-refractivity contribution in [2.24, 2.45) is 5.92 Å². The van der Waals surface area contributed by atoms with Crippen LogP contribution in [0.3, 0.4) is 0 Å². The van der Waals surface area contributed by atoms with Crippen molar-refractivity contribution in [2.45, 2.75) is 6.92 Å². The standard InChI is InChI=1S/C11H12ClN3O/c1-8(5-13)7-15(2)11(16)9-3-4-14-6-10(9)12/h3-4,6,8H,7H2,1-2H3. The maximum absolute atomic E-state index is 11.9. The predicted octanol–water partition coefficient (Wildman–Crippen LogP) is 1.97. The van der Waals surface area contributed by atoms with E-state index in [9.17, 15) is 4.79 Å². The highest BCUT2D eigenvalue weighted by Gasteiger charge is 2.16. The zero-order valence-corrected chi connectivity index (χ0v) is 9.90. The van der Waals surface area contributed by atoms with E-state index in [1.54, 1.807) is 20.0 Å². The Bertz CT molecular complexity index is 427. The molecule has 0 aliphatic heterocycles. The van der Waals surface area contributed by atoms with Crippen LogP contribution in [0.2, 0.25) is 5.02 Å². The molecule has 1 rings (SSSR count). The number of amides is 1. The smallest absolute Gasteiger partial charge is 0.255 e. The average Bonchev–Trinajstić information content (AvgIpc) is 2.28. The minimum atomic E-state index is -0.200. The summed E-state index contributed by atoms with van der Waals surface area (Å²) in [5.74, 6) is -0.399. The van der Waals surface area contributed by atoms with Gasteiger partial charge in [-0.1, -0.05) is 11.6 Å². The summed E-state index contributed by atoms with van der Waals surface area (Å²) in [4.78, 5) is 17.2. The van der Waals surface area contributed by atoms with Crippen LogP contribution < -0.4 is 0 Å². The molecule has 0 spiro atoms. The van der Waals surface area contributed by atoms with E-state index in [2.05, 4.69) is 11.1 Å². The third-order valence-electron chi connectivity index (χ3n) is 2.12. The van der Waals surface area contributed by atoms with Crippen LogP contribution in [0.1, 0.15) is 17.3 Å².